The van der Waals surface area contributed by atoms with Gasteiger partial charge in [-0.25, -0.2) is 13.3 Å². The average Bonchev–Trinajstić information content (AvgIpc) is 2.80. The van der Waals surface area contributed by atoms with E-state index in [1.54, 1.807) is 13.8 Å². The normalized spacial score (nSPS) is 40.6. The Morgan fingerprint density at radius 3 is 2.69 bits per heavy atom. The SMILES string of the molecule is CC(C)OP1(=O)OC[C@@]2(C(F)F)O[C@@H](N3C=CC(=O)CC3=O)[C@H](O)[C@H]2O1. The lowest BCUT2D eigenvalue weighted by Crippen LogP contribution is -2.56. The number of ketones is 1. The summed E-state index contributed by atoms with van der Waals surface area (Å²) in [7, 11) is -4.20. The van der Waals surface area contributed by atoms with Gasteiger partial charge in [0.15, 0.2) is 17.6 Å². The Balaban J connectivity index is 1.90. The van der Waals surface area contributed by atoms with Crippen LogP contribution in [0.4, 0.5) is 8.78 Å². The van der Waals surface area contributed by atoms with Gasteiger partial charge in [-0.2, -0.15) is 0 Å². The molecule has 146 valence electrons. The van der Waals surface area contributed by atoms with Crippen LogP contribution in [0.1, 0.15) is 20.3 Å². The van der Waals surface area contributed by atoms with Crippen molar-refractivity contribution in [3.63, 3.8) is 0 Å². The molecule has 2 saturated heterocycles. The first-order valence-electron chi connectivity index (χ1n) is 7.85. The van der Waals surface area contributed by atoms with Crippen LogP contribution in [0, 0.1) is 0 Å². The van der Waals surface area contributed by atoms with Crippen molar-refractivity contribution in [3.05, 3.63) is 12.3 Å². The van der Waals surface area contributed by atoms with Crippen molar-refractivity contribution in [3.8, 4) is 0 Å². The molecule has 1 N–H and O–H groups in total. The number of phosphoric ester groups is 1. The summed E-state index contributed by atoms with van der Waals surface area (Å²) in [6, 6.07) is 0. The summed E-state index contributed by atoms with van der Waals surface area (Å²) in [4.78, 5) is 24.1. The van der Waals surface area contributed by atoms with E-state index >= 15 is 0 Å². The van der Waals surface area contributed by atoms with Gasteiger partial charge in [-0.05, 0) is 19.9 Å². The minimum Gasteiger partial charge on any atom is -0.386 e. The monoisotopic (exact) mass is 397 g/mol. The second kappa shape index (κ2) is 6.74. The highest BCUT2D eigenvalue weighted by Crippen LogP contribution is 2.60. The third-order valence-electron chi connectivity index (χ3n) is 4.13. The number of ether oxygens (including phenoxy) is 1. The predicted molar refractivity (Wildman–Crippen MR) is 79.9 cm³/mol. The van der Waals surface area contributed by atoms with Crippen LogP contribution in [0.15, 0.2) is 12.3 Å². The molecule has 1 unspecified atom stereocenters. The molecule has 5 atom stereocenters. The molecule has 26 heavy (non-hydrogen) atoms. The average molecular weight is 397 g/mol. The second-order valence-corrected chi connectivity index (χ2v) is 7.99. The van der Waals surface area contributed by atoms with Crippen LogP contribution in [-0.2, 0) is 32.5 Å². The van der Waals surface area contributed by atoms with Crippen molar-refractivity contribution < 1.29 is 46.3 Å². The Morgan fingerprint density at radius 2 is 2.12 bits per heavy atom. The standard InChI is InChI=1S/C14H18F2NO8P/c1-7(2)24-26(21)22-6-14(13(15)16)11(25-26)10(20)12(23-14)17-4-3-8(18)5-9(17)19/h3-4,7,10-13,20H,5-6H2,1-2H3/t10-,11-,12-,14-,26?/m1/s1. The summed E-state index contributed by atoms with van der Waals surface area (Å²) in [5.41, 5.74) is -2.44. The number of halogens is 2. The molecule has 0 aromatic heterocycles. The van der Waals surface area contributed by atoms with Gasteiger partial charge in [0, 0.05) is 6.20 Å². The Morgan fingerprint density at radius 1 is 1.42 bits per heavy atom. The van der Waals surface area contributed by atoms with Gasteiger partial charge in [0.1, 0.15) is 12.2 Å². The first-order chi connectivity index (χ1) is 12.1. The number of aliphatic hydroxyl groups excluding tert-OH is 1. The molecule has 0 aromatic carbocycles. The van der Waals surface area contributed by atoms with Crippen molar-refractivity contribution in [1.82, 2.24) is 4.90 Å². The van der Waals surface area contributed by atoms with E-state index < -0.39 is 69.1 Å². The van der Waals surface area contributed by atoms with E-state index in [-0.39, 0.29) is 0 Å². The number of rotatable bonds is 4. The van der Waals surface area contributed by atoms with Crippen LogP contribution in [0.2, 0.25) is 0 Å². The number of alkyl halides is 2. The van der Waals surface area contributed by atoms with E-state index in [0.717, 1.165) is 17.2 Å². The summed E-state index contributed by atoms with van der Waals surface area (Å²) in [6.45, 7) is 2.22. The van der Waals surface area contributed by atoms with Crippen molar-refractivity contribution in [1.29, 1.82) is 0 Å². The van der Waals surface area contributed by atoms with Crippen LogP contribution >= 0.6 is 7.82 Å². The number of amides is 1. The molecule has 3 aliphatic rings. The maximum absolute atomic E-state index is 13.8. The Labute approximate surface area is 147 Å². The van der Waals surface area contributed by atoms with Crippen LogP contribution in [0.3, 0.4) is 0 Å². The van der Waals surface area contributed by atoms with E-state index in [2.05, 4.69) is 0 Å². The molecule has 3 rings (SSSR count). The van der Waals surface area contributed by atoms with Gasteiger partial charge in [-0.1, -0.05) is 0 Å². The zero-order valence-corrected chi connectivity index (χ0v) is 14.8. The summed E-state index contributed by atoms with van der Waals surface area (Å²) in [5, 5.41) is 10.5. The van der Waals surface area contributed by atoms with Gasteiger partial charge >= 0.3 is 7.82 Å². The summed E-state index contributed by atoms with van der Waals surface area (Å²) in [5.74, 6) is -1.19. The molecule has 9 nitrogen and oxygen atoms in total. The Hall–Kier alpha value is -1.23. The molecule has 2 fully saturated rings. The fraction of sp³-hybridized carbons (Fsp3) is 0.714. The molecule has 12 heteroatoms. The molecule has 0 spiro atoms. The van der Waals surface area contributed by atoms with Crippen molar-refractivity contribution >= 4 is 19.5 Å². The lowest BCUT2D eigenvalue weighted by molar-refractivity contribution is -0.213. The number of hydrogen-bond donors (Lipinski definition) is 1. The second-order valence-electron chi connectivity index (χ2n) is 6.42. The number of carbonyl (C=O) groups is 2. The molecule has 0 aromatic rings. The van der Waals surface area contributed by atoms with Gasteiger partial charge in [0.05, 0.1) is 19.1 Å². The lowest BCUT2D eigenvalue weighted by Gasteiger charge is -2.39. The van der Waals surface area contributed by atoms with Gasteiger partial charge in [0.25, 0.3) is 6.43 Å². The van der Waals surface area contributed by atoms with E-state index in [1.807, 2.05) is 0 Å². The number of phosphoric acid groups is 1. The minimum atomic E-state index is -4.20. The predicted octanol–water partition coefficient (Wildman–Crippen LogP) is 0.971. The third-order valence-corrected chi connectivity index (χ3v) is 5.74. The van der Waals surface area contributed by atoms with Crippen LogP contribution in [0.25, 0.3) is 0 Å². The minimum absolute atomic E-state index is 0.464. The number of nitrogens with zero attached hydrogens (tertiary/aromatic N) is 1. The molecular weight excluding hydrogens is 379 g/mol. The lowest BCUT2D eigenvalue weighted by atomic mass is 9.96. The zero-order valence-electron chi connectivity index (χ0n) is 13.9. The largest absolute Gasteiger partial charge is 0.475 e. The first-order valence-corrected chi connectivity index (χ1v) is 9.32. The summed E-state index contributed by atoms with van der Waals surface area (Å²) in [6.07, 6.45) is -7.22. The first kappa shape index (κ1) is 19.5. The van der Waals surface area contributed by atoms with Crippen molar-refractivity contribution in [2.45, 2.75) is 56.8 Å². The Kier molecular flexibility index (Phi) is 5.06. The number of aliphatic hydroxyl groups is 1. The molecular formula is C14H18F2NO8P. The summed E-state index contributed by atoms with van der Waals surface area (Å²) < 4.78 is 60.3. The number of hydrogen-bond acceptors (Lipinski definition) is 8. The number of fused-ring (bicyclic) bond motifs is 1. The molecule has 0 radical (unpaired) electrons. The Bertz CT molecular complexity index is 686. The molecule has 0 aliphatic carbocycles. The molecule has 0 bridgehead atoms. The summed E-state index contributed by atoms with van der Waals surface area (Å²) >= 11 is 0. The number of carbonyl (C=O) groups excluding carboxylic acids is 2. The highest BCUT2D eigenvalue weighted by Gasteiger charge is 2.67. The fourth-order valence-corrected chi connectivity index (χ4v) is 4.59. The molecule has 3 heterocycles. The van der Waals surface area contributed by atoms with E-state index in [0.29, 0.717) is 0 Å². The maximum Gasteiger partial charge on any atom is 0.475 e. The van der Waals surface area contributed by atoms with Gasteiger partial charge in [-0.15, -0.1) is 0 Å². The van der Waals surface area contributed by atoms with Crippen LogP contribution in [0.5, 0.6) is 0 Å². The molecule has 3 aliphatic heterocycles. The van der Waals surface area contributed by atoms with E-state index in [4.69, 9.17) is 18.3 Å². The van der Waals surface area contributed by atoms with Gasteiger partial charge in [0.2, 0.25) is 5.91 Å². The highest BCUT2D eigenvalue weighted by molar-refractivity contribution is 7.48. The van der Waals surface area contributed by atoms with Crippen LogP contribution < -0.4 is 0 Å². The third kappa shape index (κ3) is 3.23. The maximum atomic E-state index is 13.8. The fourth-order valence-electron chi connectivity index (χ4n) is 2.96. The molecule has 1 amide bonds. The highest BCUT2D eigenvalue weighted by atomic mass is 31.2. The van der Waals surface area contributed by atoms with E-state index in [9.17, 15) is 28.0 Å². The van der Waals surface area contributed by atoms with Crippen molar-refractivity contribution in [2.24, 2.45) is 0 Å². The number of allylic oxidation sites excluding steroid dienone is 1. The van der Waals surface area contributed by atoms with Crippen molar-refractivity contribution in [2.75, 3.05) is 6.61 Å². The quantitative estimate of drug-likeness (QED) is 0.552. The topological polar surface area (TPSA) is 112 Å². The molecule has 0 saturated carbocycles. The van der Waals surface area contributed by atoms with Gasteiger partial charge < -0.3 is 9.84 Å². The van der Waals surface area contributed by atoms with Gasteiger partial charge in [-0.3, -0.25) is 28.1 Å². The van der Waals surface area contributed by atoms with E-state index in [1.165, 1.54) is 0 Å². The van der Waals surface area contributed by atoms with Crippen LogP contribution in [-0.4, -0.2) is 64.9 Å². The zero-order chi connectivity index (χ0) is 19.3. The smallest absolute Gasteiger partial charge is 0.386 e.